The molecule has 0 bridgehead atoms. The van der Waals surface area contributed by atoms with Crippen LogP contribution in [0.4, 0.5) is 4.39 Å². The fourth-order valence-corrected chi connectivity index (χ4v) is 2.30. The smallest absolute Gasteiger partial charge is 0.335 e. The van der Waals surface area contributed by atoms with Gasteiger partial charge in [0.05, 0.1) is 5.56 Å². The minimum Gasteiger partial charge on any atom is -0.478 e. The first-order valence-corrected chi connectivity index (χ1v) is 6.39. The summed E-state index contributed by atoms with van der Waals surface area (Å²) in [4.78, 5) is 10.00. The van der Waals surface area contributed by atoms with E-state index in [0.29, 0.717) is 11.6 Å². The third-order valence-electron chi connectivity index (χ3n) is 2.03. The molecule has 0 aliphatic carbocycles. The molecule has 1 aromatic rings. The average Bonchev–Trinajstić information content (AvgIpc) is 2.26. The van der Waals surface area contributed by atoms with Gasteiger partial charge in [0.15, 0.2) is 0 Å². The molecule has 7 heteroatoms. The van der Waals surface area contributed by atoms with Crippen LogP contribution in [-0.4, -0.2) is 26.0 Å². The van der Waals surface area contributed by atoms with Crippen LogP contribution in [0.5, 0.6) is 0 Å². The Morgan fingerprint density at radius 3 is 2.56 bits per heavy atom. The number of rotatable bonds is 5. The second-order valence-electron chi connectivity index (χ2n) is 3.73. The van der Waals surface area contributed by atoms with E-state index in [1.807, 2.05) is 0 Å². The summed E-state index contributed by atoms with van der Waals surface area (Å²) in [5, 5.41) is 8.64. The molecule has 0 spiro atoms. The first kappa shape index (κ1) is 14.3. The van der Waals surface area contributed by atoms with Crippen LogP contribution in [0.25, 0.3) is 0 Å². The van der Waals surface area contributed by atoms with Crippen molar-refractivity contribution in [1.29, 1.82) is 0 Å². The average molecular weight is 273 g/mol. The van der Waals surface area contributed by atoms with Crippen LogP contribution in [0.3, 0.4) is 0 Å². The van der Waals surface area contributed by atoms with Crippen molar-refractivity contribution >= 4 is 16.0 Å². The molecule has 0 aromatic heterocycles. The Morgan fingerprint density at radius 1 is 1.50 bits per heavy atom. The minimum atomic E-state index is -4.01. The van der Waals surface area contributed by atoms with Crippen molar-refractivity contribution in [2.45, 2.75) is 11.8 Å². The molecule has 0 radical (unpaired) electrons. The minimum absolute atomic E-state index is 0.0115. The molecule has 98 valence electrons. The normalized spacial score (nSPS) is 11.2. The van der Waals surface area contributed by atoms with Crippen LogP contribution in [-0.2, 0) is 10.0 Å². The van der Waals surface area contributed by atoms with Gasteiger partial charge in [-0.1, -0.05) is 12.2 Å². The van der Waals surface area contributed by atoms with Gasteiger partial charge in [-0.25, -0.2) is 22.3 Å². The first-order valence-electron chi connectivity index (χ1n) is 4.91. The Hall–Kier alpha value is -1.73. The highest BCUT2D eigenvalue weighted by atomic mass is 32.2. The number of benzene rings is 1. The quantitative estimate of drug-likeness (QED) is 0.794. The van der Waals surface area contributed by atoms with Crippen molar-refractivity contribution in [3.8, 4) is 0 Å². The van der Waals surface area contributed by atoms with E-state index in [0.717, 1.165) is 12.1 Å². The zero-order valence-electron chi connectivity index (χ0n) is 9.60. The van der Waals surface area contributed by atoms with E-state index in [1.54, 1.807) is 6.92 Å². The number of carboxylic acid groups (broad SMARTS) is 1. The molecule has 5 nitrogen and oxygen atoms in total. The molecule has 0 atom stereocenters. The Morgan fingerprint density at radius 2 is 2.11 bits per heavy atom. The van der Waals surface area contributed by atoms with Crippen LogP contribution in [0.15, 0.2) is 35.2 Å². The van der Waals surface area contributed by atoms with Crippen LogP contribution in [0.1, 0.15) is 17.3 Å². The molecule has 0 saturated carbocycles. The maximum Gasteiger partial charge on any atom is 0.335 e. The van der Waals surface area contributed by atoms with Gasteiger partial charge in [0, 0.05) is 6.54 Å². The summed E-state index contributed by atoms with van der Waals surface area (Å²) >= 11 is 0. The van der Waals surface area contributed by atoms with E-state index < -0.39 is 26.7 Å². The van der Waals surface area contributed by atoms with Gasteiger partial charge in [-0.2, -0.15) is 0 Å². The van der Waals surface area contributed by atoms with Crippen molar-refractivity contribution in [3.05, 3.63) is 41.7 Å². The Balaban J connectivity index is 3.10. The van der Waals surface area contributed by atoms with E-state index >= 15 is 0 Å². The number of sulfonamides is 1. The predicted octanol–water partition coefficient (Wildman–Crippen LogP) is 1.38. The second-order valence-corrected chi connectivity index (χ2v) is 5.47. The van der Waals surface area contributed by atoms with E-state index in [4.69, 9.17) is 5.11 Å². The molecule has 0 aliphatic rings. The van der Waals surface area contributed by atoms with E-state index in [1.165, 1.54) is 0 Å². The SMILES string of the molecule is C=C(C)CNS(=O)(=O)c1ccc(C(=O)O)cc1F. The lowest BCUT2D eigenvalue weighted by Gasteiger charge is -2.07. The highest BCUT2D eigenvalue weighted by Crippen LogP contribution is 2.16. The van der Waals surface area contributed by atoms with Gasteiger partial charge in [0.1, 0.15) is 10.7 Å². The lowest BCUT2D eigenvalue weighted by atomic mass is 10.2. The van der Waals surface area contributed by atoms with Gasteiger partial charge in [-0.3, -0.25) is 0 Å². The second kappa shape index (κ2) is 5.28. The summed E-state index contributed by atoms with van der Waals surface area (Å²) in [5.41, 5.74) is 0.257. The monoisotopic (exact) mass is 273 g/mol. The molecule has 0 saturated heterocycles. The summed E-state index contributed by atoms with van der Waals surface area (Å²) in [6.07, 6.45) is 0. The number of nitrogens with one attached hydrogen (secondary N) is 1. The van der Waals surface area contributed by atoms with Crippen molar-refractivity contribution in [3.63, 3.8) is 0 Å². The molecule has 0 amide bonds. The highest BCUT2D eigenvalue weighted by Gasteiger charge is 2.19. The lowest BCUT2D eigenvalue weighted by Crippen LogP contribution is -2.26. The van der Waals surface area contributed by atoms with Gasteiger partial charge < -0.3 is 5.11 Å². The van der Waals surface area contributed by atoms with Gasteiger partial charge in [-0.05, 0) is 25.1 Å². The molecule has 0 unspecified atom stereocenters. The summed E-state index contributed by atoms with van der Waals surface area (Å²) in [5.74, 6) is -2.43. The molecule has 0 heterocycles. The maximum absolute atomic E-state index is 13.5. The van der Waals surface area contributed by atoms with Crippen molar-refractivity contribution in [1.82, 2.24) is 4.72 Å². The summed E-state index contributed by atoms with van der Waals surface area (Å²) in [6.45, 7) is 5.12. The van der Waals surface area contributed by atoms with Gasteiger partial charge in [-0.15, -0.1) is 0 Å². The third-order valence-corrected chi connectivity index (χ3v) is 3.47. The molecule has 0 fully saturated rings. The summed E-state index contributed by atoms with van der Waals surface area (Å²) in [6, 6.07) is 2.61. The van der Waals surface area contributed by atoms with Gasteiger partial charge >= 0.3 is 5.97 Å². The van der Waals surface area contributed by atoms with Crippen molar-refractivity contribution in [2.75, 3.05) is 6.54 Å². The third kappa shape index (κ3) is 3.38. The van der Waals surface area contributed by atoms with E-state index in [9.17, 15) is 17.6 Å². The molecular formula is C11H12FNO4S. The molecular weight excluding hydrogens is 261 g/mol. The molecule has 1 aromatic carbocycles. The number of hydrogen-bond acceptors (Lipinski definition) is 3. The van der Waals surface area contributed by atoms with Crippen molar-refractivity contribution in [2.24, 2.45) is 0 Å². The Bertz CT molecular complexity index is 595. The summed E-state index contributed by atoms with van der Waals surface area (Å²) in [7, 11) is -4.01. The predicted molar refractivity (Wildman–Crippen MR) is 63.4 cm³/mol. The van der Waals surface area contributed by atoms with Crippen LogP contribution >= 0.6 is 0 Å². The van der Waals surface area contributed by atoms with Gasteiger partial charge in [0.2, 0.25) is 10.0 Å². The van der Waals surface area contributed by atoms with Crippen LogP contribution in [0, 0.1) is 5.82 Å². The number of halogens is 1. The highest BCUT2D eigenvalue weighted by molar-refractivity contribution is 7.89. The number of aromatic carboxylic acids is 1. The first-order chi connectivity index (χ1) is 8.24. The fourth-order valence-electron chi connectivity index (χ4n) is 1.15. The number of hydrogen-bond donors (Lipinski definition) is 2. The fraction of sp³-hybridized carbons (Fsp3) is 0.182. The lowest BCUT2D eigenvalue weighted by molar-refractivity contribution is 0.0696. The molecule has 0 aliphatic heterocycles. The zero-order chi connectivity index (χ0) is 13.9. The van der Waals surface area contributed by atoms with E-state index in [2.05, 4.69) is 11.3 Å². The topological polar surface area (TPSA) is 83.5 Å². The van der Waals surface area contributed by atoms with Crippen LogP contribution < -0.4 is 4.72 Å². The largest absolute Gasteiger partial charge is 0.478 e. The Kier molecular flexibility index (Phi) is 4.20. The van der Waals surface area contributed by atoms with Crippen LogP contribution in [0.2, 0.25) is 0 Å². The number of carbonyl (C=O) groups is 1. The number of carboxylic acids is 1. The summed E-state index contributed by atoms with van der Waals surface area (Å²) < 4.78 is 39.1. The maximum atomic E-state index is 13.5. The standard InChI is InChI=1S/C11H12FNO4S/c1-7(2)6-13-18(16,17)10-4-3-8(11(14)15)5-9(10)12/h3-5,13H,1,6H2,2H3,(H,14,15). The Labute approximate surface area is 104 Å². The molecule has 1 rings (SSSR count). The zero-order valence-corrected chi connectivity index (χ0v) is 10.4. The van der Waals surface area contributed by atoms with Crippen molar-refractivity contribution < 1.29 is 22.7 Å². The van der Waals surface area contributed by atoms with E-state index in [-0.39, 0.29) is 12.1 Å². The van der Waals surface area contributed by atoms with Gasteiger partial charge in [0.25, 0.3) is 0 Å². The molecule has 2 N–H and O–H groups in total. The molecule has 18 heavy (non-hydrogen) atoms.